The van der Waals surface area contributed by atoms with Crippen molar-refractivity contribution in [3.63, 3.8) is 0 Å². The Labute approximate surface area is 214 Å². The first-order valence-electron chi connectivity index (χ1n) is 10.8. The lowest BCUT2D eigenvalue weighted by Crippen LogP contribution is -2.21. The van der Waals surface area contributed by atoms with Crippen molar-refractivity contribution in [1.29, 1.82) is 0 Å². The zero-order valence-corrected chi connectivity index (χ0v) is 22.1. The average molecular weight is 556 g/mol. The first-order valence-corrected chi connectivity index (χ1v) is 13.3. The van der Waals surface area contributed by atoms with Crippen LogP contribution in [0, 0.1) is 0 Å². The van der Waals surface area contributed by atoms with Crippen LogP contribution in [0.3, 0.4) is 0 Å². The fourth-order valence-electron chi connectivity index (χ4n) is 4.03. The third-order valence-electron chi connectivity index (χ3n) is 5.46. The molecule has 0 bridgehead atoms. The molecule has 1 aliphatic rings. The van der Waals surface area contributed by atoms with Gasteiger partial charge >= 0.3 is 5.97 Å². The molecule has 34 heavy (non-hydrogen) atoms. The molecule has 4 rings (SSSR count). The average Bonchev–Trinajstić information content (AvgIpc) is 3.09. The van der Waals surface area contributed by atoms with Gasteiger partial charge in [0.15, 0.2) is 0 Å². The molecule has 1 N–H and O–H groups in total. The molecule has 1 aliphatic carbocycles. The smallest absolute Gasteiger partial charge is 0.308 e. The molecule has 1 aromatic heterocycles. The summed E-state index contributed by atoms with van der Waals surface area (Å²) in [6.45, 7) is 5.25. The fraction of sp³-hybridized carbons (Fsp3) is 0.185. The van der Waals surface area contributed by atoms with E-state index in [1.165, 1.54) is 30.0 Å². The monoisotopic (exact) mass is 554 g/mol. The predicted octanol–water partition coefficient (Wildman–Crippen LogP) is 5.49. The van der Waals surface area contributed by atoms with Gasteiger partial charge in [0.05, 0.1) is 4.53 Å². The molecule has 4 nitrogen and oxygen atoms in total. The lowest BCUT2D eigenvalue weighted by atomic mass is 9.81. The van der Waals surface area contributed by atoms with Gasteiger partial charge in [0.2, 0.25) is 5.12 Å². The normalized spacial score (nSPS) is 15.6. The molecule has 0 radical (unpaired) electrons. The Balaban J connectivity index is 1.88. The van der Waals surface area contributed by atoms with Crippen LogP contribution in [0.25, 0.3) is 12.2 Å². The van der Waals surface area contributed by atoms with Gasteiger partial charge in [0.25, 0.3) is 0 Å². The molecule has 0 spiro atoms. The largest absolute Gasteiger partial charge is 0.506 e. The van der Waals surface area contributed by atoms with E-state index in [0.717, 1.165) is 35.8 Å². The lowest BCUT2D eigenvalue weighted by Gasteiger charge is -2.24. The number of thioether (sulfide) groups is 1. The van der Waals surface area contributed by atoms with Crippen molar-refractivity contribution in [3.8, 4) is 11.5 Å². The number of halogens is 1. The number of thiophene rings is 1. The molecule has 0 fully saturated rings. The van der Waals surface area contributed by atoms with Gasteiger partial charge in [-0.25, -0.2) is 0 Å². The van der Waals surface area contributed by atoms with E-state index in [1.807, 2.05) is 62.4 Å². The van der Waals surface area contributed by atoms with E-state index in [2.05, 4.69) is 15.9 Å². The van der Waals surface area contributed by atoms with Crippen LogP contribution >= 0.6 is 39.0 Å². The molecule has 1 atom stereocenters. The molecule has 0 saturated heterocycles. The van der Waals surface area contributed by atoms with E-state index in [1.54, 1.807) is 12.1 Å². The number of hydrogen-bond acceptors (Lipinski definition) is 6. The number of carbonyl (C=O) groups is 2. The third kappa shape index (κ3) is 5.06. The minimum Gasteiger partial charge on any atom is -0.506 e. The van der Waals surface area contributed by atoms with E-state index >= 15 is 0 Å². The lowest BCUT2D eigenvalue weighted by molar-refractivity contribution is -0.131. The Morgan fingerprint density at radius 1 is 1.15 bits per heavy atom. The van der Waals surface area contributed by atoms with E-state index in [-0.39, 0.29) is 10.9 Å². The summed E-state index contributed by atoms with van der Waals surface area (Å²) in [4.78, 5) is 24.5. The summed E-state index contributed by atoms with van der Waals surface area (Å²) in [5.41, 5.74) is 4.13. The van der Waals surface area contributed by atoms with Gasteiger partial charge in [-0.2, -0.15) is 0 Å². The highest BCUT2D eigenvalue weighted by Crippen LogP contribution is 2.41. The maximum atomic E-state index is 13.2. The number of aromatic hydroxyl groups is 1. The van der Waals surface area contributed by atoms with Crippen LogP contribution in [0.4, 0.5) is 0 Å². The molecular formula is C27H23BrO4S2. The topological polar surface area (TPSA) is 63.6 Å². The molecule has 0 saturated carbocycles. The maximum Gasteiger partial charge on any atom is 0.308 e. The highest BCUT2D eigenvalue weighted by atomic mass is 79.9. The second kappa shape index (κ2) is 10.3. The second-order valence-electron chi connectivity index (χ2n) is 7.85. The zero-order valence-electron chi connectivity index (χ0n) is 18.9. The number of rotatable bonds is 5. The van der Waals surface area contributed by atoms with Gasteiger partial charge in [-0.05, 0) is 65.8 Å². The Hall–Kier alpha value is -2.61. The molecule has 2 aromatic carbocycles. The summed E-state index contributed by atoms with van der Waals surface area (Å²) in [6.07, 6.45) is 3.95. The molecule has 0 amide bonds. The number of hydrogen-bond donors (Lipinski definition) is 1. The van der Waals surface area contributed by atoms with Crippen LogP contribution in [0.5, 0.6) is 11.5 Å². The molecule has 1 heterocycles. The Morgan fingerprint density at radius 3 is 2.44 bits per heavy atom. The van der Waals surface area contributed by atoms with Crippen LogP contribution < -0.4 is 13.8 Å². The van der Waals surface area contributed by atoms with Crippen molar-refractivity contribution >= 4 is 62.3 Å². The minimum absolute atomic E-state index is 0.00000155. The van der Waals surface area contributed by atoms with Crippen molar-refractivity contribution < 1.29 is 19.4 Å². The van der Waals surface area contributed by atoms with Gasteiger partial charge in [-0.3, -0.25) is 9.59 Å². The van der Waals surface area contributed by atoms with Crippen molar-refractivity contribution in [2.24, 2.45) is 0 Å². The zero-order chi connectivity index (χ0) is 24.4. The molecule has 7 heteroatoms. The van der Waals surface area contributed by atoms with Gasteiger partial charge in [-0.1, -0.05) is 58.9 Å². The van der Waals surface area contributed by atoms with Crippen LogP contribution in [-0.2, 0) is 9.59 Å². The van der Waals surface area contributed by atoms with E-state index in [0.29, 0.717) is 17.1 Å². The van der Waals surface area contributed by atoms with Crippen LogP contribution in [-0.4, -0.2) is 21.9 Å². The molecule has 3 aromatic rings. The summed E-state index contributed by atoms with van der Waals surface area (Å²) in [6, 6.07) is 15.0. The summed E-state index contributed by atoms with van der Waals surface area (Å²) in [7, 11) is 0. The van der Waals surface area contributed by atoms with Gasteiger partial charge < -0.3 is 9.84 Å². The third-order valence-corrected chi connectivity index (χ3v) is 7.85. The Kier molecular flexibility index (Phi) is 7.45. The molecule has 174 valence electrons. The second-order valence-corrected chi connectivity index (χ2v) is 11.1. The predicted molar refractivity (Wildman–Crippen MR) is 143 cm³/mol. The molecule has 1 unspecified atom stereocenters. The van der Waals surface area contributed by atoms with E-state index < -0.39 is 11.9 Å². The number of carbonyl (C=O) groups excluding carboxylic acids is 2. The Morgan fingerprint density at radius 2 is 1.82 bits per heavy atom. The van der Waals surface area contributed by atoms with E-state index in [4.69, 9.17) is 4.74 Å². The van der Waals surface area contributed by atoms with Crippen LogP contribution in [0.15, 0.2) is 64.1 Å². The summed E-state index contributed by atoms with van der Waals surface area (Å²) in [5.74, 6) is 0.485. The quantitative estimate of drug-likeness (QED) is 0.333. The number of allylic oxidation sites excluding steroid dienone is 1. The van der Waals surface area contributed by atoms with Gasteiger partial charge in [-0.15, -0.1) is 11.3 Å². The standard InChI is InChI=1S/C27H23BrO4S2/c1-4-33-27(31)23-15(2)13-21-25(24(23)18-7-11-20(12-8-18)32-16(3)29)26(30)22(34-21)14-17-5-9-19(28)10-6-17/h5-14,24,30H,4H2,1-3H3. The van der Waals surface area contributed by atoms with Crippen molar-refractivity contribution in [2.75, 3.05) is 5.75 Å². The molecular weight excluding hydrogens is 532 g/mol. The number of ether oxygens (including phenoxy) is 1. The summed E-state index contributed by atoms with van der Waals surface area (Å²) in [5, 5.41) is 11.4. The van der Waals surface area contributed by atoms with Crippen molar-refractivity contribution in [3.05, 3.63) is 89.9 Å². The first kappa shape index (κ1) is 24.5. The van der Waals surface area contributed by atoms with Crippen molar-refractivity contribution in [1.82, 2.24) is 0 Å². The van der Waals surface area contributed by atoms with Gasteiger partial charge in [0, 0.05) is 33.0 Å². The maximum absolute atomic E-state index is 13.2. The number of fused-ring (bicyclic) bond motifs is 1. The number of benzene rings is 2. The van der Waals surface area contributed by atoms with Gasteiger partial charge in [0.1, 0.15) is 11.5 Å². The molecule has 0 aliphatic heterocycles. The van der Waals surface area contributed by atoms with E-state index in [9.17, 15) is 14.7 Å². The fourth-order valence-corrected chi connectivity index (χ4v) is 6.19. The highest BCUT2D eigenvalue weighted by molar-refractivity contribution is 9.10. The first-order chi connectivity index (χ1) is 16.3. The summed E-state index contributed by atoms with van der Waals surface area (Å²) >= 11 is 6.22. The van der Waals surface area contributed by atoms with Crippen LogP contribution in [0.2, 0.25) is 0 Å². The van der Waals surface area contributed by atoms with Crippen LogP contribution in [0.1, 0.15) is 43.4 Å². The highest BCUT2D eigenvalue weighted by Gasteiger charge is 2.33. The number of esters is 1. The minimum atomic E-state index is -0.416. The van der Waals surface area contributed by atoms with Crippen molar-refractivity contribution in [2.45, 2.75) is 26.7 Å². The SMILES string of the molecule is CCSC(=O)C1=C(C)C=c2sc(=Cc3ccc(Br)cc3)c(O)c2C1c1ccc(OC(C)=O)cc1. The summed E-state index contributed by atoms with van der Waals surface area (Å²) < 4.78 is 7.85. The Bertz CT molecular complexity index is 1400.